The molecule has 0 spiro atoms. The third-order valence-electron chi connectivity index (χ3n) is 2.61. The van der Waals surface area contributed by atoms with Crippen LogP contribution in [0, 0.1) is 10.1 Å². The third-order valence-corrected chi connectivity index (χ3v) is 3.27. The Balaban J connectivity index is 1.95. The molecule has 0 fully saturated rings. The van der Waals surface area contributed by atoms with Gasteiger partial charge >= 0.3 is 6.09 Å². The first-order valence-electron chi connectivity index (χ1n) is 5.98. The molecule has 0 atom stereocenters. The smallest absolute Gasteiger partial charge is 0.411 e. The Hall–Kier alpha value is -2.41. The van der Waals surface area contributed by atoms with Gasteiger partial charge in [-0.15, -0.1) is 0 Å². The molecule has 0 aliphatic heterocycles. The Labute approximate surface area is 129 Å². The van der Waals surface area contributed by atoms with E-state index in [0.717, 1.165) is 5.56 Å². The zero-order chi connectivity index (χ0) is 15.2. The quantitative estimate of drug-likeness (QED) is 0.664. The summed E-state index contributed by atoms with van der Waals surface area (Å²) in [6.07, 6.45) is -0.631. The molecular formula is C14H11BrN2O4. The fourth-order valence-electron chi connectivity index (χ4n) is 1.59. The number of nitrogens with one attached hydrogen (secondary N) is 1. The summed E-state index contributed by atoms with van der Waals surface area (Å²) in [5, 5.41) is 13.1. The first-order valence-corrected chi connectivity index (χ1v) is 6.77. The molecule has 7 heteroatoms. The minimum atomic E-state index is -0.631. The predicted molar refractivity (Wildman–Crippen MR) is 81.0 cm³/mol. The van der Waals surface area contributed by atoms with Crippen LogP contribution in [0.1, 0.15) is 5.56 Å². The van der Waals surface area contributed by atoms with Crippen LogP contribution in [0.2, 0.25) is 0 Å². The number of nitrogens with zero attached hydrogens (tertiary/aromatic N) is 1. The number of non-ortho nitro benzene ring substituents is 1. The lowest BCUT2D eigenvalue weighted by Gasteiger charge is -2.08. The van der Waals surface area contributed by atoms with E-state index in [1.165, 1.54) is 18.2 Å². The van der Waals surface area contributed by atoms with Crippen molar-refractivity contribution in [3.05, 3.63) is 68.7 Å². The summed E-state index contributed by atoms with van der Waals surface area (Å²) < 4.78 is 5.47. The van der Waals surface area contributed by atoms with Gasteiger partial charge in [0.05, 0.1) is 10.6 Å². The molecule has 0 heterocycles. The van der Waals surface area contributed by atoms with Crippen LogP contribution in [0.3, 0.4) is 0 Å². The van der Waals surface area contributed by atoms with Gasteiger partial charge in [-0.25, -0.2) is 4.79 Å². The van der Waals surface area contributed by atoms with Gasteiger partial charge in [0.2, 0.25) is 0 Å². The maximum atomic E-state index is 11.7. The average Bonchev–Trinajstić information content (AvgIpc) is 2.48. The monoisotopic (exact) mass is 350 g/mol. The lowest BCUT2D eigenvalue weighted by Crippen LogP contribution is -2.13. The number of ether oxygens (including phenoxy) is 1. The maximum absolute atomic E-state index is 11.7. The van der Waals surface area contributed by atoms with Gasteiger partial charge < -0.3 is 4.74 Å². The lowest BCUT2D eigenvalue weighted by atomic mass is 10.2. The van der Waals surface area contributed by atoms with Crippen LogP contribution in [-0.4, -0.2) is 11.0 Å². The van der Waals surface area contributed by atoms with Crippen LogP contribution < -0.4 is 5.32 Å². The normalized spacial score (nSPS) is 9.95. The van der Waals surface area contributed by atoms with Gasteiger partial charge in [0.25, 0.3) is 5.69 Å². The minimum absolute atomic E-state index is 0.0647. The summed E-state index contributed by atoms with van der Waals surface area (Å²) in [7, 11) is 0. The van der Waals surface area contributed by atoms with E-state index in [1.807, 2.05) is 30.3 Å². The van der Waals surface area contributed by atoms with Crippen LogP contribution in [0.25, 0.3) is 0 Å². The molecule has 0 aliphatic rings. The molecule has 0 aromatic heterocycles. The van der Waals surface area contributed by atoms with Gasteiger partial charge in [-0.05, 0) is 27.6 Å². The van der Waals surface area contributed by atoms with E-state index in [2.05, 4.69) is 21.2 Å². The summed E-state index contributed by atoms with van der Waals surface area (Å²) >= 11 is 3.17. The average molecular weight is 351 g/mol. The van der Waals surface area contributed by atoms with Gasteiger partial charge in [-0.3, -0.25) is 15.4 Å². The first-order chi connectivity index (χ1) is 10.1. The molecule has 2 aromatic carbocycles. The molecule has 6 nitrogen and oxygen atoms in total. The first kappa shape index (κ1) is 15.0. The lowest BCUT2D eigenvalue weighted by molar-refractivity contribution is -0.384. The highest BCUT2D eigenvalue weighted by molar-refractivity contribution is 9.10. The van der Waals surface area contributed by atoms with Crippen molar-refractivity contribution < 1.29 is 14.5 Å². The Morgan fingerprint density at radius 3 is 2.57 bits per heavy atom. The number of rotatable bonds is 4. The number of amides is 1. The zero-order valence-corrected chi connectivity index (χ0v) is 12.4. The van der Waals surface area contributed by atoms with Gasteiger partial charge in [-0.2, -0.15) is 0 Å². The second kappa shape index (κ2) is 6.85. The number of hydrogen-bond donors (Lipinski definition) is 1. The highest BCUT2D eigenvalue weighted by atomic mass is 79.9. The van der Waals surface area contributed by atoms with E-state index in [0.29, 0.717) is 10.2 Å². The summed E-state index contributed by atoms with van der Waals surface area (Å²) in [4.78, 5) is 21.8. The Morgan fingerprint density at radius 1 is 1.24 bits per heavy atom. The van der Waals surface area contributed by atoms with E-state index in [-0.39, 0.29) is 12.3 Å². The summed E-state index contributed by atoms with van der Waals surface area (Å²) in [5.74, 6) is 0. The SMILES string of the molecule is O=C(Nc1ccc([N+](=O)[O-])cc1Br)OCc1ccccc1. The second-order valence-electron chi connectivity index (χ2n) is 4.11. The molecule has 0 saturated carbocycles. The van der Waals surface area contributed by atoms with Crippen LogP contribution in [0.15, 0.2) is 53.0 Å². The predicted octanol–water partition coefficient (Wildman–Crippen LogP) is 4.11. The summed E-state index contributed by atoms with van der Waals surface area (Å²) in [6, 6.07) is 13.3. The number of hydrogen-bond acceptors (Lipinski definition) is 4. The zero-order valence-electron chi connectivity index (χ0n) is 10.8. The Morgan fingerprint density at radius 2 is 1.95 bits per heavy atom. The molecule has 0 aliphatic carbocycles. The molecule has 21 heavy (non-hydrogen) atoms. The summed E-state index contributed by atoms with van der Waals surface area (Å²) in [5.41, 5.74) is 1.21. The molecule has 0 radical (unpaired) electrons. The third kappa shape index (κ3) is 4.28. The van der Waals surface area contributed by atoms with E-state index >= 15 is 0 Å². The molecule has 1 N–H and O–H groups in total. The largest absolute Gasteiger partial charge is 0.444 e. The number of nitro groups is 1. The van der Waals surface area contributed by atoms with Crippen LogP contribution >= 0.6 is 15.9 Å². The van der Waals surface area contributed by atoms with Crippen LogP contribution in [0.5, 0.6) is 0 Å². The maximum Gasteiger partial charge on any atom is 0.411 e. The number of anilines is 1. The van der Waals surface area contributed by atoms with Crippen molar-refractivity contribution in [2.24, 2.45) is 0 Å². The minimum Gasteiger partial charge on any atom is -0.444 e. The molecule has 2 aromatic rings. The van der Waals surface area contributed by atoms with E-state index in [1.54, 1.807) is 0 Å². The van der Waals surface area contributed by atoms with Gasteiger partial charge in [0.1, 0.15) is 6.61 Å². The highest BCUT2D eigenvalue weighted by Gasteiger charge is 2.11. The van der Waals surface area contributed by atoms with Crippen molar-refractivity contribution in [1.82, 2.24) is 0 Å². The number of nitro benzene ring substituents is 1. The van der Waals surface area contributed by atoms with E-state index < -0.39 is 11.0 Å². The van der Waals surface area contributed by atoms with Crippen LogP contribution in [-0.2, 0) is 11.3 Å². The Kier molecular flexibility index (Phi) is 4.89. The van der Waals surface area contributed by atoms with Crippen molar-refractivity contribution >= 4 is 33.4 Å². The van der Waals surface area contributed by atoms with E-state index in [9.17, 15) is 14.9 Å². The molecule has 0 unspecified atom stereocenters. The van der Waals surface area contributed by atoms with Gasteiger partial charge in [0.15, 0.2) is 0 Å². The van der Waals surface area contributed by atoms with Crippen molar-refractivity contribution in [3.8, 4) is 0 Å². The van der Waals surface area contributed by atoms with Gasteiger partial charge in [0, 0.05) is 16.6 Å². The highest BCUT2D eigenvalue weighted by Crippen LogP contribution is 2.27. The van der Waals surface area contributed by atoms with Crippen LogP contribution in [0.4, 0.5) is 16.2 Å². The molecular weight excluding hydrogens is 340 g/mol. The topological polar surface area (TPSA) is 81.5 Å². The fourth-order valence-corrected chi connectivity index (χ4v) is 2.05. The second-order valence-corrected chi connectivity index (χ2v) is 4.96. The number of carbonyl (C=O) groups excluding carboxylic acids is 1. The van der Waals surface area contributed by atoms with Gasteiger partial charge in [-0.1, -0.05) is 30.3 Å². The standard InChI is InChI=1S/C14H11BrN2O4/c15-12-8-11(17(19)20)6-7-13(12)16-14(18)21-9-10-4-2-1-3-5-10/h1-8H,9H2,(H,16,18). The Bertz CT molecular complexity index is 661. The molecule has 0 bridgehead atoms. The fraction of sp³-hybridized carbons (Fsp3) is 0.0714. The number of benzene rings is 2. The molecule has 2 rings (SSSR count). The molecule has 1 amide bonds. The van der Waals surface area contributed by atoms with Crippen molar-refractivity contribution in [3.63, 3.8) is 0 Å². The molecule has 108 valence electrons. The molecule has 0 saturated heterocycles. The van der Waals surface area contributed by atoms with Crippen molar-refractivity contribution in [2.75, 3.05) is 5.32 Å². The van der Waals surface area contributed by atoms with E-state index in [4.69, 9.17) is 4.74 Å². The van der Waals surface area contributed by atoms with Crippen molar-refractivity contribution in [2.45, 2.75) is 6.61 Å². The number of halogens is 1. The number of carbonyl (C=O) groups is 1. The van der Waals surface area contributed by atoms with Crippen molar-refractivity contribution in [1.29, 1.82) is 0 Å². The summed E-state index contributed by atoms with van der Waals surface area (Å²) in [6.45, 7) is 0.150.